The highest BCUT2D eigenvalue weighted by Crippen LogP contribution is 2.53. The van der Waals surface area contributed by atoms with Gasteiger partial charge in [-0.2, -0.15) is 0 Å². The highest BCUT2D eigenvalue weighted by Gasteiger charge is 2.56. The Balaban J connectivity index is 1.69. The van der Waals surface area contributed by atoms with Gasteiger partial charge in [0.2, 0.25) is 11.8 Å². The summed E-state index contributed by atoms with van der Waals surface area (Å²) < 4.78 is 0. The molecule has 1 aromatic heterocycles. The summed E-state index contributed by atoms with van der Waals surface area (Å²) in [6, 6.07) is 4.05. The standard InChI is InChI=1S/C16H20N2O2S/c1-3-14(19)17-13-9-18(10-16(13)6-7-16)15(20)11(2)12-5-4-8-21-12/h3-5,8,11,13H,1,6-7,9-10H2,2H3,(H,17,19). The molecule has 1 N–H and O–H groups in total. The first-order valence-corrected chi connectivity index (χ1v) is 8.19. The van der Waals surface area contributed by atoms with Crippen LogP contribution >= 0.6 is 11.3 Å². The number of nitrogens with one attached hydrogen (secondary N) is 1. The van der Waals surface area contributed by atoms with Gasteiger partial charge >= 0.3 is 0 Å². The Bertz CT molecular complexity index is 563. The number of hydrogen-bond acceptors (Lipinski definition) is 3. The molecule has 2 fully saturated rings. The van der Waals surface area contributed by atoms with Crippen molar-refractivity contribution >= 4 is 23.2 Å². The van der Waals surface area contributed by atoms with E-state index in [1.165, 1.54) is 6.08 Å². The van der Waals surface area contributed by atoms with E-state index >= 15 is 0 Å². The van der Waals surface area contributed by atoms with E-state index in [4.69, 9.17) is 0 Å². The third-order valence-corrected chi connectivity index (χ3v) is 5.75. The van der Waals surface area contributed by atoms with Crippen LogP contribution in [0.15, 0.2) is 30.2 Å². The molecular weight excluding hydrogens is 284 g/mol. The quantitative estimate of drug-likeness (QED) is 0.867. The van der Waals surface area contributed by atoms with Crippen molar-refractivity contribution in [2.75, 3.05) is 13.1 Å². The fourth-order valence-corrected chi connectivity index (χ4v) is 3.94. The van der Waals surface area contributed by atoms with Gasteiger partial charge in [0.1, 0.15) is 0 Å². The van der Waals surface area contributed by atoms with Gasteiger partial charge in [0, 0.05) is 23.4 Å². The van der Waals surface area contributed by atoms with Crippen molar-refractivity contribution in [1.82, 2.24) is 10.2 Å². The van der Waals surface area contributed by atoms with Crippen molar-refractivity contribution in [1.29, 1.82) is 0 Å². The predicted molar refractivity (Wildman–Crippen MR) is 83.1 cm³/mol. The topological polar surface area (TPSA) is 49.4 Å². The first-order chi connectivity index (χ1) is 10.1. The molecule has 3 rings (SSSR count). The molecule has 2 amide bonds. The van der Waals surface area contributed by atoms with Crippen LogP contribution in [0.1, 0.15) is 30.6 Å². The summed E-state index contributed by atoms with van der Waals surface area (Å²) in [6.07, 6.45) is 3.48. The lowest BCUT2D eigenvalue weighted by atomic mass is 10.0. The third kappa shape index (κ3) is 2.62. The van der Waals surface area contributed by atoms with Crippen LogP contribution < -0.4 is 5.32 Å². The summed E-state index contributed by atoms with van der Waals surface area (Å²) in [5, 5.41) is 4.99. The smallest absolute Gasteiger partial charge is 0.243 e. The van der Waals surface area contributed by atoms with Gasteiger partial charge in [0.15, 0.2) is 0 Å². The summed E-state index contributed by atoms with van der Waals surface area (Å²) >= 11 is 1.62. The zero-order valence-corrected chi connectivity index (χ0v) is 13.0. The van der Waals surface area contributed by atoms with E-state index in [1.54, 1.807) is 11.3 Å². The molecule has 0 aromatic carbocycles. The lowest BCUT2D eigenvalue weighted by Gasteiger charge is -2.20. The van der Waals surface area contributed by atoms with Gasteiger partial charge in [-0.25, -0.2) is 0 Å². The molecule has 1 saturated carbocycles. The number of amides is 2. The molecule has 0 bridgehead atoms. The summed E-state index contributed by atoms with van der Waals surface area (Å²) in [6.45, 7) is 6.84. The Labute approximate surface area is 128 Å². The Morgan fingerprint density at radius 2 is 2.33 bits per heavy atom. The number of hydrogen-bond donors (Lipinski definition) is 1. The highest BCUT2D eigenvalue weighted by molar-refractivity contribution is 7.10. The normalized spacial score (nSPS) is 23.9. The van der Waals surface area contributed by atoms with Crippen molar-refractivity contribution in [3.63, 3.8) is 0 Å². The Morgan fingerprint density at radius 3 is 2.90 bits per heavy atom. The minimum absolute atomic E-state index is 0.0717. The van der Waals surface area contributed by atoms with Gasteiger partial charge in [-0.15, -0.1) is 11.3 Å². The SMILES string of the molecule is C=CC(=O)NC1CN(C(=O)C(C)c2cccs2)CC12CC2. The minimum Gasteiger partial charge on any atom is -0.347 e. The van der Waals surface area contributed by atoms with Gasteiger partial charge in [0.25, 0.3) is 0 Å². The molecule has 112 valence electrons. The van der Waals surface area contributed by atoms with E-state index in [2.05, 4.69) is 11.9 Å². The monoisotopic (exact) mass is 304 g/mol. The van der Waals surface area contributed by atoms with Gasteiger partial charge in [0.05, 0.1) is 12.0 Å². The Morgan fingerprint density at radius 1 is 1.57 bits per heavy atom. The van der Waals surface area contributed by atoms with E-state index in [0.717, 1.165) is 24.3 Å². The van der Waals surface area contributed by atoms with Gasteiger partial charge in [-0.3, -0.25) is 9.59 Å². The first kappa shape index (κ1) is 14.3. The summed E-state index contributed by atoms with van der Waals surface area (Å²) in [7, 11) is 0. The third-order valence-electron chi connectivity index (χ3n) is 4.69. The first-order valence-electron chi connectivity index (χ1n) is 7.31. The van der Waals surface area contributed by atoms with Crippen LogP contribution in [-0.4, -0.2) is 35.8 Å². The maximum Gasteiger partial charge on any atom is 0.243 e. The van der Waals surface area contributed by atoms with Crippen molar-refractivity contribution < 1.29 is 9.59 Å². The molecule has 1 spiro atoms. The largest absolute Gasteiger partial charge is 0.347 e. The van der Waals surface area contributed by atoms with Crippen LogP contribution in [-0.2, 0) is 9.59 Å². The molecule has 2 unspecified atom stereocenters. The predicted octanol–water partition coefficient (Wildman–Crippen LogP) is 2.14. The van der Waals surface area contributed by atoms with E-state index in [1.807, 2.05) is 29.3 Å². The molecule has 1 saturated heterocycles. The van der Waals surface area contributed by atoms with Gasteiger partial charge in [-0.05, 0) is 37.3 Å². The van der Waals surface area contributed by atoms with E-state index in [-0.39, 0.29) is 29.2 Å². The van der Waals surface area contributed by atoms with Gasteiger partial charge < -0.3 is 10.2 Å². The van der Waals surface area contributed by atoms with Crippen molar-refractivity contribution in [2.24, 2.45) is 5.41 Å². The van der Waals surface area contributed by atoms with Crippen LogP contribution in [0, 0.1) is 5.41 Å². The Kier molecular flexibility index (Phi) is 3.61. The van der Waals surface area contributed by atoms with E-state index in [9.17, 15) is 9.59 Å². The molecular formula is C16H20N2O2S. The second kappa shape index (κ2) is 5.30. The molecule has 4 nitrogen and oxygen atoms in total. The van der Waals surface area contributed by atoms with E-state index < -0.39 is 0 Å². The van der Waals surface area contributed by atoms with Crippen molar-refractivity contribution in [2.45, 2.75) is 31.7 Å². The number of carbonyl (C=O) groups excluding carboxylic acids is 2. The molecule has 2 aliphatic rings. The van der Waals surface area contributed by atoms with Gasteiger partial charge in [-0.1, -0.05) is 12.6 Å². The van der Waals surface area contributed by atoms with E-state index in [0.29, 0.717) is 6.54 Å². The van der Waals surface area contributed by atoms with Crippen LogP contribution in [0.5, 0.6) is 0 Å². The fourth-order valence-electron chi connectivity index (χ4n) is 3.17. The molecule has 1 aliphatic heterocycles. The molecule has 5 heteroatoms. The fraction of sp³-hybridized carbons (Fsp3) is 0.500. The van der Waals surface area contributed by atoms with Crippen LogP contribution in [0.2, 0.25) is 0 Å². The van der Waals surface area contributed by atoms with Crippen LogP contribution in [0.4, 0.5) is 0 Å². The summed E-state index contributed by atoms with van der Waals surface area (Å²) in [4.78, 5) is 27.2. The minimum atomic E-state index is -0.146. The maximum absolute atomic E-state index is 12.7. The lowest BCUT2D eigenvalue weighted by molar-refractivity contribution is -0.131. The molecule has 2 heterocycles. The lowest BCUT2D eigenvalue weighted by Crippen LogP contribution is -2.41. The maximum atomic E-state index is 12.7. The van der Waals surface area contributed by atoms with Crippen molar-refractivity contribution in [3.05, 3.63) is 35.0 Å². The van der Waals surface area contributed by atoms with Crippen molar-refractivity contribution in [3.8, 4) is 0 Å². The molecule has 21 heavy (non-hydrogen) atoms. The van der Waals surface area contributed by atoms with Crippen LogP contribution in [0.3, 0.4) is 0 Å². The van der Waals surface area contributed by atoms with Crippen LogP contribution in [0.25, 0.3) is 0 Å². The second-order valence-corrected chi connectivity index (χ2v) is 7.06. The molecule has 0 radical (unpaired) electrons. The zero-order chi connectivity index (χ0) is 15.0. The molecule has 2 atom stereocenters. The molecule has 1 aliphatic carbocycles. The number of thiophene rings is 1. The highest BCUT2D eigenvalue weighted by atomic mass is 32.1. The number of rotatable bonds is 4. The second-order valence-electron chi connectivity index (χ2n) is 6.08. The average Bonchev–Trinajstić information content (AvgIpc) is 2.91. The average molecular weight is 304 g/mol. The summed E-state index contributed by atoms with van der Waals surface area (Å²) in [5.74, 6) is -0.0828. The summed E-state index contributed by atoms with van der Waals surface area (Å²) in [5.41, 5.74) is 0.115. The number of carbonyl (C=O) groups is 2. The zero-order valence-electron chi connectivity index (χ0n) is 12.2. The Hall–Kier alpha value is -1.62. The number of nitrogens with zero attached hydrogens (tertiary/aromatic N) is 1. The number of likely N-dealkylation sites (tertiary alicyclic amines) is 1. The molecule has 1 aromatic rings.